The third-order valence-corrected chi connectivity index (χ3v) is 8.03. The van der Waals surface area contributed by atoms with Crippen molar-refractivity contribution in [3.05, 3.63) is 61.2 Å². The summed E-state index contributed by atoms with van der Waals surface area (Å²) < 4.78 is 18.6. The van der Waals surface area contributed by atoms with E-state index in [2.05, 4.69) is 50.1 Å². The number of hydrogen-bond acceptors (Lipinski definition) is 5. The van der Waals surface area contributed by atoms with E-state index in [-0.39, 0.29) is 29.9 Å². The lowest BCUT2D eigenvalue weighted by molar-refractivity contribution is -0.111. The number of amides is 1. The molecule has 0 aliphatic rings. The van der Waals surface area contributed by atoms with Gasteiger partial charge in [-0.15, -0.1) is 24.0 Å². The van der Waals surface area contributed by atoms with Gasteiger partial charge in [-0.3, -0.25) is 4.79 Å². The average Bonchev–Trinajstić information content (AvgIpc) is 2.87. The number of carbonyl (C=O) groups is 1. The molecule has 35 heavy (non-hydrogen) atoms. The van der Waals surface area contributed by atoms with Crippen molar-refractivity contribution in [2.75, 3.05) is 37.0 Å². The molecule has 8 heteroatoms. The van der Waals surface area contributed by atoms with Crippen LogP contribution in [-0.4, -0.2) is 41.1 Å². The molecule has 2 N–H and O–H groups in total. The lowest BCUT2D eigenvalue weighted by Gasteiger charge is -2.29. The van der Waals surface area contributed by atoms with E-state index >= 15 is 0 Å². The number of rotatable bonds is 17. The second-order valence-corrected chi connectivity index (χ2v) is 10.8. The average molecular weight is 613 g/mol. The highest BCUT2D eigenvalue weighted by Crippen LogP contribution is 2.29. The van der Waals surface area contributed by atoms with Gasteiger partial charge in [-0.25, -0.2) is 0 Å². The molecule has 0 atom stereocenters. The van der Waals surface area contributed by atoms with Crippen LogP contribution < -0.4 is 10.6 Å². The highest BCUT2D eigenvalue weighted by molar-refractivity contribution is 14.0. The van der Waals surface area contributed by atoms with Gasteiger partial charge < -0.3 is 23.9 Å². The Morgan fingerprint density at radius 1 is 0.914 bits per heavy atom. The Bertz CT molecular complexity index is 858. The number of anilines is 2. The second-order valence-electron chi connectivity index (χ2n) is 8.08. The molecular weight excluding hydrogens is 571 g/mol. The van der Waals surface area contributed by atoms with Crippen molar-refractivity contribution in [2.45, 2.75) is 52.5 Å². The molecule has 2 aromatic rings. The minimum atomic E-state index is -2.68. The maximum Gasteiger partial charge on any atom is 0.501 e. The van der Waals surface area contributed by atoms with E-state index in [9.17, 15) is 4.79 Å². The largest absolute Gasteiger partial charge is 0.501 e. The Balaban J connectivity index is 0.00000612. The minimum absolute atomic E-state index is 0. The summed E-state index contributed by atoms with van der Waals surface area (Å²) in [6, 6.07) is 16.8. The summed E-state index contributed by atoms with van der Waals surface area (Å²) >= 11 is 0. The van der Waals surface area contributed by atoms with Gasteiger partial charge in [0.15, 0.2) is 0 Å². The zero-order valence-corrected chi connectivity index (χ0v) is 24.6. The minimum Gasteiger partial charge on any atom is -0.385 e. The maximum absolute atomic E-state index is 11.5. The van der Waals surface area contributed by atoms with E-state index in [4.69, 9.17) is 13.3 Å². The van der Waals surface area contributed by atoms with E-state index in [1.165, 1.54) is 6.08 Å². The normalized spacial score (nSPS) is 10.9. The standard InChI is InChI=1S/C27H40N2O4Si.HI/c1-5-19-31-34(32-20-6-2,33-21-7-3)22-11-18-28-26-13-10-9-12-25(26)23-14-16-24(17-15-23)29-27(30)8-4;/h8-10,12-17,28H,4-7,11,18-22H2,1-3H3,(H,29,30);1H. The Hall–Kier alpha value is -1.72. The van der Waals surface area contributed by atoms with Crippen molar-refractivity contribution in [1.29, 1.82) is 0 Å². The molecule has 0 spiro atoms. The Morgan fingerprint density at radius 2 is 1.49 bits per heavy atom. The summed E-state index contributed by atoms with van der Waals surface area (Å²) in [6.07, 6.45) is 4.99. The first-order chi connectivity index (χ1) is 16.6. The molecule has 0 bridgehead atoms. The van der Waals surface area contributed by atoms with Crippen LogP contribution in [0.3, 0.4) is 0 Å². The van der Waals surface area contributed by atoms with Crippen LogP contribution in [0.15, 0.2) is 61.2 Å². The summed E-state index contributed by atoms with van der Waals surface area (Å²) in [5, 5.41) is 6.36. The van der Waals surface area contributed by atoms with Crippen molar-refractivity contribution in [1.82, 2.24) is 0 Å². The Labute approximate surface area is 229 Å². The van der Waals surface area contributed by atoms with Crippen molar-refractivity contribution in [2.24, 2.45) is 0 Å². The zero-order valence-electron chi connectivity index (χ0n) is 21.3. The fourth-order valence-electron chi connectivity index (χ4n) is 3.46. The number of para-hydroxylation sites is 1. The van der Waals surface area contributed by atoms with E-state index in [1.807, 2.05) is 36.4 Å². The maximum atomic E-state index is 11.5. The fourth-order valence-corrected chi connectivity index (χ4v) is 6.30. The summed E-state index contributed by atoms with van der Waals surface area (Å²) in [6.45, 7) is 12.6. The van der Waals surface area contributed by atoms with E-state index in [0.717, 1.165) is 60.8 Å². The van der Waals surface area contributed by atoms with Crippen molar-refractivity contribution >= 4 is 50.1 Å². The van der Waals surface area contributed by atoms with Crippen LogP contribution in [0.1, 0.15) is 46.5 Å². The first-order valence-corrected chi connectivity index (χ1v) is 14.3. The highest BCUT2D eigenvalue weighted by atomic mass is 127. The van der Waals surface area contributed by atoms with Crippen LogP contribution in [0.25, 0.3) is 11.1 Å². The molecule has 6 nitrogen and oxygen atoms in total. The molecule has 0 aromatic heterocycles. The summed E-state index contributed by atoms with van der Waals surface area (Å²) in [4.78, 5) is 11.5. The zero-order chi connectivity index (χ0) is 24.7. The van der Waals surface area contributed by atoms with Gasteiger partial charge in [0.1, 0.15) is 0 Å². The van der Waals surface area contributed by atoms with Crippen LogP contribution in [0.4, 0.5) is 11.4 Å². The lowest BCUT2D eigenvalue weighted by atomic mass is 10.0. The number of benzene rings is 2. The number of nitrogens with one attached hydrogen (secondary N) is 2. The van der Waals surface area contributed by atoms with Crippen LogP contribution >= 0.6 is 24.0 Å². The van der Waals surface area contributed by atoms with Gasteiger partial charge in [0.05, 0.1) is 0 Å². The number of halogens is 1. The van der Waals surface area contributed by atoms with Crippen LogP contribution in [0.5, 0.6) is 0 Å². The lowest BCUT2D eigenvalue weighted by Crippen LogP contribution is -2.46. The van der Waals surface area contributed by atoms with Gasteiger partial charge in [-0.05, 0) is 55.5 Å². The molecule has 1 amide bonds. The molecule has 0 aliphatic carbocycles. The number of carbonyl (C=O) groups excluding carboxylic acids is 1. The van der Waals surface area contributed by atoms with Crippen molar-refractivity contribution < 1.29 is 18.1 Å². The van der Waals surface area contributed by atoms with Crippen LogP contribution in [-0.2, 0) is 18.1 Å². The van der Waals surface area contributed by atoms with E-state index in [0.29, 0.717) is 19.8 Å². The Kier molecular flexibility index (Phi) is 15.8. The first kappa shape index (κ1) is 31.3. The highest BCUT2D eigenvalue weighted by Gasteiger charge is 2.40. The summed E-state index contributed by atoms with van der Waals surface area (Å²) in [5.74, 6) is -0.219. The molecule has 194 valence electrons. The molecule has 0 aliphatic heterocycles. The molecule has 0 unspecified atom stereocenters. The van der Waals surface area contributed by atoms with Crippen LogP contribution in [0.2, 0.25) is 6.04 Å². The van der Waals surface area contributed by atoms with Crippen LogP contribution in [0, 0.1) is 0 Å². The second kappa shape index (κ2) is 17.7. The van der Waals surface area contributed by atoms with Gasteiger partial charge in [0, 0.05) is 49.3 Å². The van der Waals surface area contributed by atoms with E-state index in [1.54, 1.807) is 0 Å². The number of hydrogen-bond donors (Lipinski definition) is 2. The molecule has 0 fully saturated rings. The van der Waals surface area contributed by atoms with Crippen molar-refractivity contribution in [3.63, 3.8) is 0 Å². The van der Waals surface area contributed by atoms with Gasteiger partial charge >= 0.3 is 8.80 Å². The van der Waals surface area contributed by atoms with Gasteiger partial charge in [0.25, 0.3) is 0 Å². The molecule has 2 rings (SSSR count). The third-order valence-electron chi connectivity index (χ3n) is 5.13. The quantitative estimate of drug-likeness (QED) is 0.0862. The first-order valence-electron chi connectivity index (χ1n) is 12.4. The fraction of sp³-hybridized carbons (Fsp3) is 0.444. The molecule has 0 saturated heterocycles. The molecular formula is C27H41IN2O4Si. The predicted octanol–water partition coefficient (Wildman–Crippen LogP) is 7.12. The predicted molar refractivity (Wildman–Crippen MR) is 159 cm³/mol. The molecule has 2 aromatic carbocycles. The molecule has 0 saturated carbocycles. The Morgan fingerprint density at radius 3 is 2.03 bits per heavy atom. The van der Waals surface area contributed by atoms with Gasteiger partial charge in [0.2, 0.25) is 5.91 Å². The molecule has 0 heterocycles. The summed E-state index contributed by atoms with van der Waals surface area (Å²) in [5.41, 5.74) is 3.99. The SMILES string of the molecule is C=CC(=O)Nc1ccc(-c2ccccc2NCCC[Si](OCCC)(OCCC)OCCC)cc1.I. The van der Waals surface area contributed by atoms with Gasteiger partial charge in [-0.2, -0.15) is 0 Å². The van der Waals surface area contributed by atoms with Crippen molar-refractivity contribution in [3.8, 4) is 11.1 Å². The topological polar surface area (TPSA) is 68.8 Å². The van der Waals surface area contributed by atoms with Gasteiger partial charge in [-0.1, -0.05) is 57.7 Å². The molecule has 0 radical (unpaired) electrons. The monoisotopic (exact) mass is 612 g/mol. The third kappa shape index (κ3) is 10.8. The summed E-state index contributed by atoms with van der Waals surface area (Å²) in [7, 11) is -2.68. The van der Waals surface area contributed by atoms with E-state index < -0.39 is 8.80 Å². The smallest absolute Gasteiger partial charge is 0.385 e.